The Hall–Kier alpha value is -3.49. The van der Waals surface area contributed by atoms with Crippen molar-refractivity contribution in [1.29, 1.82) is 0 Å². The van der Waals surface area contributed by atoms with Gasteiger partial charge >= 0.3 is 17.9 Å². The van der Waals surface area contributed by atoms with E-state index in [0.717, 1.165) is 38.9 Å². The first-order valence-electron chi connectivity index (χ1n) is 11.2. The normalized spacial score (nSPS) is 14.5. The number of piperidine rings is 1. The van der Waals surface area contributed by atoms with Gasteiger partial charge in [-0.05, 0) is 36.9 Å². The average molecular weight is 470 g/mol. The zero-order valence-corrected chi connectivity index (χ0v) is 19.0. The first-order valence-corrected chi connectivity index (χ1v) is 11.2. The summed E-state index contributed by atoms with van der Waals surface area (Å²) in [7, 11) is 0. The van der Waals surface area contributed by atoms with Crippen LogP contribution in [0.3, 0.4) is 0 Å². The van der Waals surface area contributed by atoms with Crippen LogP contribution in [-0.4, -0.2) is 63.9 Å². The fourth-order valence-corrected chi connectivity index (χ4v) is 3.66. The number of carboxylic acid groups (broad SMARTS) is 3. The summed E-state index contributed by atoms with van der Waals surface area (Å²) in [6, 6.07) is 20.8. The molecule has 1 fully saturated rings. The van der Waals surface area contributed by atoms with Crippen molar-refractivity contribution in [3.8, 4) is 0 Å². The van der Waals surface area contributed by atoms with Gasteiger partial charge in [0, 0.05) is 31.7 Å². The van der Waals surface area contributed by atoms with E-state index < -0.39 is 17.9 Å². The van der Waals surface area contributed by atoms with Gasteiger partial charge in [-0.25, -0.2) is 9.59 Å². The lowest BCUT2D eigenvalue weighted by molar-refractivity contribution is -0.137. The molecule has 0 bridgehead atoms. The van der Waals surface area contributed by atoms with E-state index >= 15 is 0 Å². The number of hydrogen-bond donors (Lipinski definition) is 3. The number of hydrogen-bond acceptors (Lipinski definition) is 5. The Morgan fingerprint density at radius 2 is 1.32 bits per heavy atom. The van der Waals surface area contributed by atoms with Gasteiger partial charge in [0.05, 0.1) is 6.10 Å². The van der Waals surface area contributed by atoms with E-state index in [9.17, 15) is 14.4 Å². The van der Waals surface area contributed by atoms with Crippen molar-refractivity contribution in [2.45, 2.75) is 37.9 Å². The molecule has 3 rings (SSSR count). The van der Waals surface area contributed by atoms with E-state index in [-0.39, 0.29) is 18.6 Å². The maximum absolute atomic E-state index is 10.6. The molecule has 8 nitrogen and oxygen atoms in total. The molecule has 34 heavy (non-hydrogen) atoms. The monoisotopic (exact) mass is 469 g/mol. The Bertz CT molecular complexity index is 867. The van der Waals surface area contributed by atoms with E-state index in [0.29, 0.717) is 12.2 Å². The molecule has 0 atom stereocenters. The molecular weight excluding hydrogens is 438 g/mol. The number of nitrogens with zero attached hydrogens (tertiary/aromatic N) is 1. The van der Waals surface area contributed by atoms with E-state index in [2.05, 4.69) is 53.4 Å². The quantitative estimate of drug-likeness (QED) is 0.449. The highest BCUT2D eigenvalue weighted by Crippen LogP contribution is 2.29. The number of likely N-dealkylation sites (tertiary alicyclic amines) is 1. The molecular formula is C26H31NO7. The minimum atomic E-state index is -1.26. The maximum Gasteiger partial charge on any atom is 0.328 e. The SMILES string of the molecule is O=C(O)/C=C/C(=O)O.O=C(O)CCCN1CCC(OC(c2ccccc2)c2ccccc2)CC1. The van der Waals surface area contributed by atoms with Gasteiger partial charge in [-0.15, -0.1) is 0 Å². The highest BCUT2D eigenvalue weighted by atomic mass is 16.5. The summed E-state index contributed by atoms with van der Waals surface area (Å²) in [6.07, 6.45) is 4.26. The summed E-state index contributed by atoms with van der Waals surface area (Å²) >= 11 is 0. The summed E-state index contributed by atoms with van der Waals surface area (Å²) in [5.41, 5.74) is 2.37. The summed E-state index contributed by atoms with van der Waals surface area (Å²) in [6.45, 7) is 2.81. The highest BCUT2D eigenvalue weighted by molar-refractivity contribution is 5.89. The van der Waals surface area contributed by atoms with Crippen LogP contribution >= 0.6 is 0 Å². The second kappa shape index (κ2) is 14.6. The molecule has 0 amide bonds. The van der Waals surface area contributed by atoms with Gasteiger partial charge < -0.3 is 25.0 Å². The molecule has 0 aliphatic carbocycles. The van der Waals surface area contributed by atoms with Crippen LogP contribution in [0.5, 0.6) is 0 Å². The van der Waals surface area contributed by atoms with Crippen LogP contribution in [0.4, 0.5) is 0 Å². The third-order valence-electron chi connectivity index (χ3n) is 5.30. The van der Waals surface area contributed by atoms with Gasteiger partial charge in [-0.2, -0.15) is 0 Å². The van der Waals surface area contributed by atoms with Crippen LogP contribution in [0.1, 0.15) is 42.9 Å². The fraction of sp³-hybridized carbons (Fsp3) is 0.346. The molecule has 0 unspecified atom stereocenters. The number of carbonyl (C=O) groups is 3. The van der Waals surface area contributed by atoms with E-state index in [1.165, 1.54) is 11.1 Å². The fourth-order valence-electron chi connectivity index (χ4n) is 3.66. The lowest BCUT2D eigenvalue weighted by Crippen LogP contribution is -2.38. The van der Waals surface area contributed by atoms with Crippen LogP contribution in [0.25, 0.3) is 0 Å². The number of aliphatic carboxylic acids is 3. The molecule has 2 aromatic carbocycles. The molecule has 8 heteroatoms. The minimum Gasteiger partial charge on any atom is -0.481 e. The Morgan fingerprint density at radius 1 is 0.853 bits per heavy atom. The number of ether oxygens (including phenoxy) is 1. The topological polar surface area (TPSA) is 124 Å². The third-order valence-corrected chi connectivity index (χ3v) is 5.30. The molecule has 1 aliphatic heterocycles. The first-order chi connectivity index (χ1) is 16.3. The Morgan fingerprint density at radius 3 is 1.74 bits per heavy atom. The summed E-state index contributed by atoms with van der Waals surface area (Å²) < 4.78 is 6.53. The average Bonchev–Trinajstić information content (AvgIpc) is 2.83. The Balaban J connectivity index is 0.000000440. The molecule has 182 valence electrons. The van der Waals surface area contributed by atoms with Crippen molar-refractivity contribution in [3.63, 3.8) is 0 Å². The van der Waals surface area contributed by atoms with Gasteiger partial charge in [0.15, 0.2) is 0 Å². The van der Waals surface area contributed by atoms with Crippen LogP contribution in [0.2, 0.25) is 0 Å². The van der Waals surface area contributed by atoms with Gasteiger partial charge in [-0.3, -0.25) is 4.79 Å². The molecule has 1 saturated heterocycles. The molecule has 0 aromatic heterocycles. The standard InChI is InChI=1S/C22H27NO3.C4H4O4/c24-21(25)12-7-15-23-16-13-20(14-17-23)26-22(18-8-3-1-4-9-18)19-10-5-2-6-11-19;5-3(6)1-2-4(7)8/h1-6,8-11,20,22H,7,12-17H2,(H,24,25);1-2H,(H,5,6)(H,7,8)/b;2-1+. The predicted octanol–water partition coefficient (Wildman–Crippen LogP) is 3.83. The van der Waals surface area contributed by atoms with E-state index in [1.54, 1.807) is 0 Å². The van der Waals surface area contributed by atoms with Gasteiger partial charge in [0.1, 0.15) is 6.10 Å². The van der Waals surface area contributed by atoms with Crippen molar-refractivity contribution in [2.24, 2.45) is 0 Å². The van der Waals surface area contributed by atoms with Gasteiger partial charge in [-0.1, -0.05) is 60.7 Å². The number of rotatable bonds is 10. The first kappa shape index (κ1) is 26.8. The van der Waals surface area contributed by atoms with Crippen LogP contribution in [0.15, 0.2) is 72.8 Å². The van der Waals surface area contributed by atoms with Crippen LogP contribution in [0, 0.1) is 0 Å². The second-order valence-electron chi connectivity index (χ2n) is 7.89. The van der Waals surface area contributed by atoms with Crippen molar-refractivity contribution in [3.05, 3.63) is 83.9 Å². The zero-order chi connectivity index (χ0) is 24.8. The summed E-state index contributed by atoms with van der Waals surface area (Å²) in [4.78, 5) is 32.1. The van der Waals surface area contributed by atoms with E-state index in [1.807, 2.05) is 12.1 Å². The molecule has 0 saturated carbocycles. The molecule has 2 aromatic rings. The van der Waals surface area contributed by atoms with Gasteiger partial charge in [0.2, 0.25) is 0 Å². The summed E-state index contributed by atoms with van der Waals surface area (Å²) in [5.74, 6) is -3.23. The van der Waals surface area contributed by atoms with Crippen molar-refractivity contribution >= 4 is 17.9 Å². The van der Waals surface area contributed by atoms with Crippen molar-refractivity contribution in [1.82, 2.24) is 4.90 Å². The lowest BCUT2D eigenvalue weighted by Gasteiger charge is -2.34. The van der Waals surface area contributed by atoms with E-state index in [4.69, 9.17) is 20.1 Å². The smallest absolute Gasteiger partial charge is 0.328 e. The highest BCUT2D eigenvalue weighted by Gasteiger charge is 2.24. The Labute approximate surface area is 199 Å². The number of carboxylic acids is 3. The predicted molar refractivity (Wildman–Crippen MR) is 127 cm³/mol. The van der Waals surface area contributed by atoms with Crippen molar-refractivity contribution < 1.29 is 34.4 Å². The molecule has 1 heterocycles. The largest absolute Gasteiger partial charge is 0.481 e. The maximum atomic E-state index is 10.6. The molecule has 0 radical (unpaired) electrons. The van der Waals surface area contributed by atoms with Crippen molar-refractivity contribution in [2.75, 3.05) is 19.6 Å². The molecule has 3 N–H and O–H groups in total. The number of benzene rings is 2. The minimum absolute atomic E-state index is 0.0408. The second-order valence-corrected chi connectivity index (χ2v) is 7.89. The third kappa shape index (κ3) is 10.4. The van der Waals surface area contributed by atoms with Crippen LogP contribution in [-0.2, 0) is 19.1 Å². The molecule has 1 aliphatic rings. The van der Waals surface area contributed by atoms with Gasteiger partial charge in [0.25, 0.3) is 0 Å². The lowest BCUT2D eigenvalue weighted by atomic mass is 10.00. The summed E-state index contributed by atoms with van der Waals surface area (Å²) in [5, 5.41) is 24.4. The zero-order valence-electron chi connectivity index (χ0n) is 19.0. The molecule has 0 spiro atoms. The van der Waals surface area contributed by atoms with Crippen LogP contribution < -0.4 is 0 Å². The Kier molecular flexibility index (Phi) is 11.5.